The van der Waals surface area contributed by atoms with E-state index in [1.165, 1.54) is 12.8 Å². The molecule has 0 aromatic heterocycles. The first-order valence-electron chi connectivity index (χ1n) is 10.1. The van der Waals surface area contributed by atoms with Gasteiger partial charge in [0.1, 0.15) is 0 Å². The van der Waals surface area contributed by atoms with Gasteiger partial charge < -0.3 is 16.0 Å². The molecule has 1 saturated heterocycles. The van der Waals surface area contributed by atoms with Crippen molar-refractivity contribution in [1.29, 1.82) is 0 Å². The van der Waals surface area contributed by atoms with E-state index in [1.54, 1.807) is 0 Å². The number of amides is 2. The molecule has 2 aromatic rings. The standard InChI is InChI=1S/C23H29N3O/c1-16-11-17-12-19(14-24-13-17)21(16)15-25-23(27)26-22-10-6-5-9-20(22)18-7-3-2-4-8-18/h2-10,16-17,19,21,24H,11-15H2,1H3,(H2,25,26,27)/t16-,17?,19-,21-/m0/s1. The average Bonchev–Trinajstić information content (AvgIpc) is 2.69. The summed E-state index contributed by atoms with van der Waals surface area (Å²) in [6, 6.07) is 18.0. The molecule has 2 aromatic carbocycles. The lowest BCUT2D eigenvalue weighted by Crippen LogP contribution is -2.49. The highest BCUT2D eigenvalue weighted by atomic mass is 16.2. The highest BCUT2D eigenvalue weighted by molar-refractivity contribution is 5.94. The van der Waals surface area contributed by atoms with Crippen LogP contribution in [-0.4, -0.2) is 25.7 Å². The number of urea groups is 1. The number of piperidine rings is 1. The molecule has 142 valence electrons. The fraction of sp³-hybridized carbons (Fsp3) is 0.435. The molecule has 4 heteroatoms. The minimum Gasteiger partial charge on any atom is -0.338 e. The Kier molecular flexibility index (Phi) is 5.44. The molecule has 27 heavy (non-hydrogen) atoms. The van der Waals surface area contributed by atoms with E-state index < -0.39 is 0 Å². The molecular weight excluding hydrogens is 334 g/mol. The lowest BCUT2D eigenvalue weighted by Gasteiger charge is -2.44. The lowest BCUT2D eigenvalue weighted by molar-refractivity contribution is 0.0855. The molecule has 2 aliphatic rings. The van der Waals surface area contributed by atoms with Crippen LogP contribution >= 0.6 is 0 Å². The molecule has 0 radical (unpaired) electrons. The van der Waals surface area contributed by atoms with E-state index in [0.717, 1.165) is 42.4 Å². The monoisotopic (exact) mass is 363 g/mol. The van der Waals surface area contributed by atoms with Crippen LogP contribution in [0, 0.1) is 23.7 Å². The summed E-state index contributed by atoms with van der Waals surface area (Å²) in [5.74, 6) is 2.74. The van der Waals surface area contributed by atoms with Crippen molar-refractivity contribution < 1.29 is 4.79 Å². The van der Waals surface area contributed by atoms with Crippen molar-refractivity contribution in [2.45, 2.75) is 19.8 Å². The quantitative estimate of drug-likeness (QED) is 0.756. The molecule has 2 fully saturated rings. The zero-order chi connectivity index (χ0) is 18.6. The maximum atomic E-state index is 12.6. The molecule has 4 rings (SSSR count). The van der Waals surface area contributed by atoms with Crippen LogP contribution in [0.15, 0.2) is 54.6 Å². The number of para-hydroxylation sites is 1. The number of hydrogen-bond acceptors (Lipinski definition) is 2. The summed E-state index contributed by atoms with van der Waals surface area (Å²) >= 11 is 0. The number of rotatable bonds is 4. The SMILES string of the molecule is C[C@H]1CC2CNC[C@H](C2)[C@H]1CNC(=O)Nc1ccccc1-c1ccccc1. The Morgan fingerprint density at radius 3 is 2.67 bits per heavy atom. The third-order valence-electron chi connectivity index (χ3n) is 6.28. The highest BCUT2D eigenvalue weighted by Crippen LogP contribution is 2.39. The zero-order valence-electron chi connectivity index (χ0n) is 15.9. The largest absolute Gasteiger partial charge is 0.338 e. The van der Waals surface area contributed by atoms with Gasteiger partial charge in [-0.1, -0.05) is 55.5 Å². The summed E-state index contributed by atoms with van der Waals surface area (Å²) in [7, 11) is 0. The van der Waals surface area contributed by atoms with Crippen molar-refractivity contribution >= 4 is 11.7 Å². The number of carbonyl (C=O) groups is 1. The number of carbonyl (C=O) groups excluding carboxylic acids is 1. The van der Waals surface area contributed by atoms with Gasteiger partial charge in [-0.05, 0) is 61.2 Å². The molecule has 3 N–H and O–H groups in total. The van der Waals surface area contributed by atoms with Crippen LogP contribution in [-0.2, 0) is 0 Å². The Morgan fingerprint density at radius 1 is 1.04 bits per heavy atom. The van der Waals surface area contributed by atoms with Crippen LogP contribution < -0.4 is 16.0 Å². The molecule has 1 aliphatic carbocycles. The fourth-order valence-corrected chi connectivity index (χ4v) is 4.95. The van der Waals surface area contributed by atoms with Crippen molar-refractivity contribution in [3.8, 4) is 11.1 Å². The number of anilines is 1. The van der Waals surface area contributed by atoms with Crippen LogP contribution in [0.4, 0.5) is 10.5 Å². The summed E-state index contributed by atoms with van der Waals surface area (Å²) in [4.78, 5) is 12.6. The molecule has 1 saturated carbocycles. The van der Waals surface area contributed by atoms with E-state index in [9.17, 15) is 4.79 Å². The lowest BCUT2D eigenvalue weighted by atomic mass is 9.66. The maximum Gasteiger partial charge on any atom is 0.319 e. The Labute approximate surface area is 161 Å². The van der Waals surface area contributed by atoms with Crippen molar-refractivity contribution in [3.05, 3.63) is 54.6 Å². The third-order valence-corrected chi connectivity index (χ3v) is 6.28. The molecule has 2 bridgehead atoms. The van der Waals surface area contributed by atoms with Gasteiger partial charge in [0.2, 0.25) is 0 Å². The third kappa shape index (κ3) is 4.16. The Hall–Kier alpha value is -2.33. The summed E-state index contributed by atoms with van der Waals surface area (Å²) in [5.41, 5.74) is 2.99. The molecular formula is C23H29N3O. The van der Waals surface area contributed by atoms with Crippen LogP contribution in [0.5, 0.6) is 0 Å². The topological polar surface area (TPSA) is 53.2 Å². The average molecular weight is 364 g/mol. The number of nitrogens with one attached hydrogen (secondary N) is 3. The Bertz CT molecular complexity index is 774. The fourth-order valence-electron chi connectivity index (χ4n) is 4.95. The number of fused-ring (bicyclic) bond motifs is 2. The zero-order valence-corrected chi connectivity index (χ0v) is 15.9. The maximum absolute atomic E-state index is 12.6. The first-order valence-corrected chi connectivity index (χ1v) is 10.1. The molecule has 0 spiro atoms. The van der Waals surface area contributed by atoms with E-state index in [2.05, 4.69) is 35.0 Å². The first kappa shape index (κ1) is 18.1. The number of hydrogen-bond donors (Lipinski definition) is 3. The van der Waals surface area contributed by atoms with Crippen molar-refractivity contribution in [2.75, 3.05) is 25.0 Å². The second-order valence-electron chi connectivity index (χ2n) is 8.14. The highest BCUT2D eigenvalue weighted by Gasteiger charge is 2.37. The molecule has 1 heterocycles. The van der Waals surface area contributed by atoms with Gasteiger partial charge in [0.15, 0.2) is 0 Å². The minimum atomic E-state index is -0.114. The van der Waals surface area contributed by atoms with Gasteiger partial charge in [-0.2, -0.15) is 0 Å². The normalized spacial score (nSPS) is 27.0. The van der Waals surface area contributed by atoms with Gasteiger partial charge in [-0.15, -0.1) is 0 Å². The van der Waals surface area contributed by atoms with Gasteiger partial charge in [-0.3, -0.25) is 0 Å². The minimum absolute atomic E-state index is 0.114. The summed E-state index contributed by atoms with van der Waals surface area (Å²) < 4.78 is 0. The Balaban J connectivity index is 1.39. The van der Waals surface area contributed by atoms with Crippen molar-refractivity contribution in [2.24, 2.45) is 23.7 Å². The predicted molar refractivity (Wildman–Crippen MR) is 111 cm³/mol. The molecule has 2 amide bonds. The van der Waals surface area contributed by atoms with Gasteiger partial charge >= 0.3 is 6.03 Å². The van der Waals surface area contributed by atoms with Crippen LogP contribution in [0.25, 0.3) is 11.1 Å². The van der Waals surface area contributed by atoms with Gasteiger partial charge in [0.25, 0.3) is 0 Å². The van der Waals surface area contributed by atoms with Gasteiger partial charge in [-0.25, -0.2) is 4.79 Å². The molecule has 4 nitrogen and oxygen atoms in total. The number of benzene rings is 2. The van der Waals surface area contributed by atoms with E-state index in [0.29, 0.717) is 17.8 Å². The van der Waals surface area contributed by atoms with Crippen LogP contribution in [0.2, 0.25) is 0 Å². The smallest absolute Gasteiger partial charge is 0.319 e. The summed E-state index contributed by atoms with van der Waals surface area (Å²) in [6.45, 7) is 5.35. The van der Waals surface area contributed by atoms with Crippen LogP contribution in [0.3, 0.4) is 0 Å². The Morgan fingerprint density at radius 2 is 1.81 bits per heavy atom. The first-order chi connectivity index (χ1) is 13.2. The van der Waals surface area contributed by atoms with Crippen LogP contribution in [0.1, 0.15) is 19.8 Å². The van der Waals surface area contributed by atoms with E-state index in [1.807, 2.05) is 42.5 Å². The molecule has 1 unspecified atom stereocenters. The van der Waals surface area contributed by atoms with Crippen molar-refractivity contribution in [1.82, 2.24) is 10.6 Å². The molecule has 4 atom stereocenters. The van der Waals surface area contributed by atoms with Gasteiger partial charge in [0, 0.05) is 12.1 Å². The molecule has 1 aliphatic heterocycles. The van der Waals surface area contributed by atoms with E-state index >= 15 is 0 Å². The summed E-state index contributed by atoms with van der Waals surface area (Å²) in [5, 5.41) is 9.75. The predicted octanol–water partition coefficient (Wildman–Crippen LogP) is 4.36. The summed E-state index contributed by atoms with van der Waals surface area (Å²) in [6.07, 6.45) is 2.58. The van der Waals surface area contributed by atoms with E-state index in [4.69, 9.17) is 0 Å². The van der Waals surface area contributed by atoms with Crippen molar-refractivity contribution in [3.63, 3.8) is 0 Å². The van der Waals surface area contributed by atoms with Gasteiger partial charge in [0.05, 0.1) is 5.69 Å². The second-order valence-corrected chi connectivity index (χ2v) is 8.14. The van der Waals surface area contributed by atoms with E-state index in [-0.39, 0.29) is 6.03 Å². The second kappa shape index (κ2) is 8.13.